The van der Waals surface area contributed by atoms with E-state index in [-0.39, 0.29) is 12.2 Å². The van der Waals surface area contributed by atoms with Crippen LogP contribution in [0.25, 0.3) is 0 Å². The summed E-state index contributed by atoms with van der Waals surface area (Å²) in [6.07, 6.45) is 13.6. The largest absolute Gasteiger partial charge is 0.459 e. The van der Waals surface area contributed by atoms with Gasteiger partial charge in [0.1, 0.15) is 12.7 Å². The van der Waals surface area contributed by atoms with Gasteiger partial charge in [0, 0.05) is 19.4 Å². The molecule has 0 aliphatic heterocycles. The van der Waals surface area contributed by atoms with E-state index < -0.39 is 5.97 Å². The molecule has 5 nitrogen and oxygen atoms in total. The van der Waals surface area contributed by atoms with Crippen molar-refractivity contribution in [1.29, 1.82) is 5.26 Å². The highest BCUT2D eigenvalue weighted by molar-refractivity contribution is 5.92. The van der Waals surface area contributed by atoms with Crippen LogP contribution in [0, 0.1) is 11.3 Å². The summed E-state index contributed by atoms with van der Waals surface area (Å²) in [4.78, 5) is 11.7. The molecule has 0 spiro atoms. The van der Waals surface area contributed by atoms with Crippen LogP contribution in [0.15, 0.2) is 11.8 Å². The van der Waals surface area contributed by atoms with Crippen LogP contribution in [-0.2, 0) is 14.3 Å². The Bertz CT molecular complexity index is 389. The van der Waals surface area contributed by atoms with Crippen molar-refractivity contribution in [2.75, 3.05) is 26.4 Å². The summed E-state index contributed by atoms with van der Waals surface area (Å²) in [6, 6.07) is 1.88. The highest BCUT2D eigenvalue weighted by Crippen LogP contribution is 2.07. The van der Waals surface area contributed by atoms with E-state index in [0.29, 0.717) is 13.2 Å². The first kappa shape index (κ1) is 23.5. The van der Waals surface area contributed by atoms with Gasteiger partial charge in [-0.1, -0.05) is 65.2 Å². The summed E-state index contributed by atoms with van der Waals surface area (Å²) in [5, 5.41) is 12.1. The predicted octanol–water partition coefficient (Wildman–Crippen LogP) is 4.48. The average Bonchev–Trinajstić information content (AvgIpc) is 2.62. The maximum Gasteiger partial charge on any atom is 0.350 e. The van der Waals surface area contributed by atoms with E-state index in [0.717, 1.165) is 25.8 Å². The molecule has 0 saturated carbocycles. The molecule has 0 aliphatic carbocycles. The molecular weight excluding hydrogens is 316 g/mol. The fourth-order valence-electron chi connectivity index (χ4n) is 2.29. The summed E-state index contributed by atoms with van der Waals surface area (Å²) >= 11 is 0. The number of hydrogen-bond donors (Lipinski definition) is 1. The smallest absolute Gasteiger partial charge is 0.350 e. The summed E-state index contributed by atoms with van der Waals surface area (Å²) < 4.78 is 10.3. The van der Waals surface area contributed by atoms with Gasteiger partial charge in [-0.25, -0.2) is 4.79 Å². The Morgan fingerprint density at radius 1 is 0.920 bits per heavy atom. The van der Waals surface area contributed by atoms with E-state index in [4.69, 9.17) is 14.7 Å². The summed E-state index contributed by atoms with van der Waals surface area (Å²) in [7, 11) is 0. The number of nitriles is 1. The van der Waals surface area contributed by atoms with Crippen LogP contribution < -0.4 is 5.32 Å². The number of ether oxygens (including phenoxy) is 2. The van der Waals surface area contributed by atoms with Crippen LogP contribution in [0.1, 0.15) is 78.1 Å². The zero-order valence-electron chi connectivity index (χ0n) is 16.1. The van der Waals surface area contributed by atoms with E-state index >= 15 is 0 Å². The van der Waals surface area contributed by atoms with Crippen LogP contribution in [0.3, 0.4) is 0 Å². The van der Waals surface area contributed by atoms with Crippen molar-refractivity contribution in [2.24, 2.45) is 0 Å². The van der Waals surface area contributed by atoms with Crippen LogP contribution in [-0.4, -0.2) is 32.3 Å². The number of unbranched alkanes of at least 4 members (excludes halogenated alkanes) is 8. The Kier molecular flexibility index (Phi) is 17.6. The van der Waals surface area contributed by atoms with Crippen molar-refractivity contribution in [3.63, 3.8) is 0 Å². The van der Waals surface area contributed by atoms with Crippen LogP contribution >= 0.6 is 0 Å². The first-order valence-electron chi connectivity index (χ1n) is 9.84. The predicted molar refractivity (Wildman–Crippen MR) is 101 cm³/mol. The van der Waals surface area contributed by atoms with Gasteiger partial charge >= 0.3 is 5.97 Å². The molecule has 0 heterocycles. The molecule has 0 unspecified atom stereocenters. The van der Waals surface area contributed by atoms with E-state index in [1.165, 1.54) is 51.1 Å². The second-order valence-corrected chi connectivity index (χ2v) is 6.20. The second-order valence-electron chi connectivity index (χ2n) is 6.20. The molecule has 0 rings (SSSR count). The molecule has 0 bridgehead atoms. The van der Waals surface area contributed by atoms with Crippen molar-refractivity contribution in [2.45, 2.75) is 78.1 Å². The molecule has 0 radical (unpaired) electrons. The zero-order chi connectivity index (χ0) is 18.6. The molecule has 0 aromatic carbocycles. The molecule has 0 saturated heterocycles. The number of carbonyl (C=O) groups is 1. The molecule has 0 aromatic heterocycles. The van der Waals surface area contributed by atoms with Gasteiger partial charge in [-0.2, -0.15) is 5.26 Å². The van der Waals surface area contributed by atoms with Gasteiger partial charge < -0.3 is 14.8 Å². The lowest BCUT2D eigenvalue weighted by molar-refractivity contribution is -0.140. The lowest BCUT2D eigenvalue weighted by Crippen LogP contribution is -2.15. The minimum atomic E-state index is -0.593. The third-order valence-electron chi connectivity index (χ3n) is 3.86. The molecule has 1 N–H and O–H groups in total. The van der Waals surface area contributed by atoms with Crippen molar-refractivity contribution in [1.82, 2.24) is 5.32 Å². The van der Waals surface area contributed by atoms with Crippen molar-refractivity contribution >= 4 is 5.97 Å². The molecule has 0 atom stereocenters. The average molecular weight is 353 g/mol. The van der Waals surface area contributed by atoms with Gasteiger partial charge in [0.25, 0.3) is 0 Å². The molecule has 144 valence electrons. The van der Waals surface area contributed by atoms with Gasteiger partial charge in [0.15, 0.2) is 5.57 Å². The van der Waals surface area contributed by atoms with Crippen LogP contribution in [0.5, 0.6) is 0 Å². The van der Waals surface area contributed by atoms with Crippen molar-refractivity contribution in [3.05, 3.63) is 11.8 Å². The maximum atomic E-state index is 11.7. The first-order valence-corrected chi connectivity index (χ1v) is 9.84. The Morgan fingerprint density at radius 3 is 2.20 bits per heavy atom. The monoisotopic (exact) mass is 352 g/mol. The quantitative estimate of drug-likeness (QED) is 0.181. The minimum absolute atomic E-state index is 0.00752. The van der Waals surface area contributed by atoms with E-state index in [2.05, 4.69) is 19.2 Å². The second kappa shape index (κ2) is 18.8. The Balaban J connectivity index is 3.66. The van der Waals surface area contributed by atoms with Crippen LogP contribution in [0.4, 0.5) is 0 Å². The Labute approximate surface area is 153 Å². The maximum absolute atomic E-state index is 11.7. The summed E-state index contributed by atoms with van der Waals surface area (Å²) in [5.41, 5.74) is 0.00752. The van der Waals surface area contributed by atoms with E-state index in [1.54, 1.807) is 0 Å². The van der Waals surface area contributed by atoms with Gasteiger partial charge in [-0.3, -0.25) is 0 Å². The summed E-state index contributed by atoms with van der Waals surface area (Å²) in [6.45, 7) is 6.32. The van der Waals surface area contributed by atoms with Crippen molar-refractivity contribution in [3.8, 4) is 6.07 Å². The van der Waals surface area contributed by atoms with Gasteiger partial charge in [0.2, 0.25) is 0 Å². The number of esters is 1. The molecule has 25 heavy (non-hydrogen) atoms. The van der Waals surface area contributed by atoms with E-state index in [9.17, 15) is 4.79 Å². The highest BCUT2D eigenvalue weighted by atomic mass is 16.6. The van der Waals surface area contributed by atoms with Gasteiger partial charge in [-0.05, 0) is 12.8 Å². The molecule has 0 aromatic rings. The Morgan fingerprint density at radius 2 is 1.56 bits per heavy atom. The molecular formula is C20H36N2O3. The van der Waals surface area contributed by atoms with Crippen molar-refractivity contribution < 1.29 is 14.3 Å². The van der Waals surface area contributed by atoms with Gasteiger partial charge in [-0.15, -0.1) is 0 Å². The third kappa shape index (κ3) is 15.7. The fourth-order valence-corrected chi connectivity index (χ4v) is 2.29. The van der Waals surface area contributed by atoms with Gasteiger partial charge in [0.05, 0.1) is 6.61 Å². The lowest BCUT2D eigenvalue weighted by Gasteiger charge is -2.06. The zero-order valence-corrected chi connectivity index (χ0v) is 16.1. The fraction of sp³-hybridized carbons (Fsp3) is 0.800. The van der Waals surface area contributed by atoms with Crippen LogP contribution in [0.2, 0.25) is 0 Å². The normalized spacial score (nSPS) is 11.2. The number of hydrogen-bond acceptors (Lipinski definition) is 5. The topological polar surface area (TPSA) is 71.4 Å². The molecule has 0 fully saturated rings. The molecule has 0 aliphatic rings. The molecule has 5 heteroatoms. The number of nitrogens with one attached hydrogen (secondary N) is 1. The molecule has 0 amide bonds. The SMILES string of the molecule is CCCCCCCCCCNC=C(C#N)C(=O)OCCOCCCC. The number of carbonyl (C=O) groups excluding carboxylic acids is 1. The summed E-state index contributed by atoms with van der Waals surface area (Å²) in [5.74, 6) is -0.593. The number of nitrogens with zero attached hydrogens (tertiary/aromatic N) is 1. The lowest BCUT2D eigenvalue weighted by atomic mass is 10.1. The Hall–Kier alpha value is -1.54. The first-order chi connectivity index (χ1) is 12.3. The third-order valence-corrected chi connectivity index (χ3v) is 3.86. The standard InChI is InChI=1S/C20H36N2O3/c1-3-5-7-8-9-10-11-12-13-22-18-19(17-21)20(23)25-16-15-24-14-6-4-2/h18,22H,3-16H2,1-2H3. The highest BCUT2D eigenvalue weighted by Gasteiger charge is 2.09. The number of rotatable bonds is 17. The minimum Gasteiger partial charge on any atom is -0.459 e. The van der Waals surface area contributed by atoms with E-state index in [1.807, 2.05) is 6.07 Å².